The molecular formula is C14H17NO2. The molecule has 0 spiro atoms. The summed E-state index contributed by atoms with van der Waals surface area (Å²) in [5.74, 6) is -0.922. The quantitative estimate of drug-likeness (QED) is 0.776. The van der Waals surface area contributed by atoms with Crippen molar-refractivity contribution in [3.8, 4) is 0 Å². The van der Waals surface area contributed by atoms with Gasteiger partial charge >= 0.3 is 5.97 Å². The van der Waals surface area contributed by atoms with E-state index in [0.717, 1.165) is 19.3 Å². The van der Waals surface area contributed by atoms with Crippen LogP contribution in [0.5, 0.6) is 0 Å². The molecule has 17 heavy (non-hydrogen) atoms. The van der Waals surface area contributed by atoms with Gasteiger partial charge in [0.05, 0.1) is 0 Å². The Hall–Kier alpha value is -1.61. The number of carboxylic acid groups (broad SMARTS) is 1. The van der Waals surface area contributed by atoms with Crippen LogP contribution in [0.1, 0.15) is 17.5 Å². The van der Waals surface area contributed by atoms with Gasteiger partial charge in [0.15, 0.2) is 0 Å². The second-order valence-corrected chi connectivity index (χ2v) is 4.50. The van der Waals surface area contributed by atoms with Gasteiger partial charge in [-0.2, -0.15) is 0 Å². The minimum Gasteiger partial charge on any atom is -0.478 e. The molecule has 1 aliphatic carbocycles. The monoisotopic (exact) mass is 231 g/mol. The molecule has 1 unspecified atom stereocenters. The van der Waals surface area contributed by atoms with Crippen molar-refractivity contribution in [1.82, 2.24) is 5.32 Å². The van der Waals surface area contributed by atoms with Crippen molar-refractivity contribution in [3.05, 3.63) is 47.5 Å². The molecule has 0 amide bonds. The van der Waals surface area contributed by atoms with Gasteiger partial charge in [-0.25, -0.2) is 4.79 Å². The predicted molar refractivity (Wildman–Crippen MR) is 67.0 cm³/mol. The minimum absolute atomic E-state index is 0.226. The molecule has 0 bridgehead atoms. The summed E-state index contributed by atoms with van der Waals surface area (Å²) in [6, 6.07) is 8.80. The van der Waals surface area contributed by atoms with Crippen LogP contribution in [0.3, 0.4) is 0 Å². The Bertz CT molecular complexity index is 440. The molecule has 1 aromatic carbocycles. The lowest BCUT2D eigenvalue weighted by molar-refractivity contribution is -0.132. The van der Waals surface area contributed by atoms with Gasteiger partial charge in [-0.3, -0.25) is 0 Å². The van der Waals surface area contributed by atoms with E-state index in [1.807, 2.05) is 0 Å². The van der Waals surface area contributed by atoms with Crippen LogP contribution in [0.2, 0.25) is 0 Å². The molecule has 2 N–H and O–H groups in total. The van der Waals surface area contributed by atoms with Gasteiger partial charge < -0.3 is 10.4 Å². The molecular weight excluding hydrogens is 214 g/mol. The summed E-state index contributed by atoms with van der Waals surface area (Å²) >= 11 is 0. The third-order valence-corrected chi connectivity index (χ3v) is 3.25. The van der Waals surface area contributed by atoms with Crippen LogP contribution in [-0.2, 0) is 17.6 Å². The van der Waals surface area contributed by atoms with E-state index in [9.17, 15) is 4.79 Å². The van der Waals surface area contributed by atoms with Crippen molar-refractivity contribution in [2.45, 2.75) is 25.3 Å². The summed E-state index contributed by atoms with van der Waals surface area (Å²) in [7, 11) is 0. The van der Waals surface area contributed by atoms with E-state index < -0.39 is 5.97 Å². The van der Waals surface area contributed by atoms with Gasteiger partial charge in [0.1, 0.15) is 0 Å². The fraction of sp³-hybridized carbons (Fsp3) is 0.357. The molecule has 0 saturated heterocycles. The van der Waals surface area contributed by atoms with E-state index in [4.69, 9.17) is 5.11 Å². The highest BCUT2D eigenvalue weighted by Gasteiger charge is 2.18. The first-order valence-corrected chi connectivity index (χ1v) is 5.88. The van der Waals surface area contributed by atoms with Gasteiger partial charge in [-0.15, -0.1) is 0 Å². The Morgan fingerprint density at radius 2 is 2.12 bits per heavy atom. The van der Waals surface area contributed by atoms with E-state index in [2.05, 4.69) is 36.2 Å². The number of fused-ring (bicyclic) bond motifs is 1. The zero-order chi connectivity index (χ0) is 12.3. The Labute approximate surface area is 101 Å². The molecule has 0 fully saturated rings. The Kier molecular flexibility index (Phi) is 3.59. The molecule has 0 aromatic heterocycles. The van der Waals surface area contributed by atoms with E-state index >= 15 is 0 Å². The van der Waals surface area contributed by atoms with Crippen molar-refractivity contribution in [2.75, 3.05) is 6.54 Å². The highest BCUT2D eigenvalue weighted by atomic mass is 16.4. The maximum Gasteiger partial charge on any atom is 0.332 e. The van der Waals surface area contributed by atoms with Crippen LogP contribution in [0.4, 0.5) is 0 Å². The number of hydrogen-bond donors (Lipinski definition) is 2. The average molecular weight is 231 g/mol. The fourth-order valence-corrected chi connectivity index (χ4v) is 2.22. The van der Waals surface area contributed by atoms with Crippen LogP contribution in [-0.4, -0.2) is 23.7 Å². The number of rotatable bonds is 4. The molecule has 2 rings (SSSR count). The maximum atomic E-state index is 10.6. The summed E-state index contributed by atoms with van der Waals surface area (Å²) < 4.78 is 0. The third-order valence-electron chi connectivity index (χ3n) is 3.25. The molecule has 1 atom stereocenters. The summed E-state index contributed by atoms with van der Waals surface area (Å²) in [4.78, 5) is 10.6. The van der Waals surface area contributed by atoms with Gasteiger partial charge in [-0.05, 0) is 30.4 Å². The second-order valence-electron chi connectivity index (χ2n) is 4.50. The summed E-state index contributed by atoms with van der Waals surface area (Å²) in [6.45, 7) is 3.88. The van der Waals surface area contributed by atoms with Crippen LogP contribution < -0.4 is 5.32 Å². The number of nitrogens with one attached hydrogen (secondary N) is 1. The van der Waals surface area contributed by atoms with Crippen molar-refractivity contribution in [2.24, 2.45) is 0 Å². The molecule has 0 radical (unpaired) electrons. The first-order chi connectivity index (χ1) is 8.16. The number of carboxylic acids is 1. The van der Waals surface area contributed by atoms with E-state index in [0.29, 0.717) is 12.6 Å². The van der Waals surface area contributed by atoms with Crippen LogP contribution >= 0.6 is 0 Å². The fourth-order valence-electron chi connectivity index (χ4n) is 2.22. The lowest BCUT2D eigenvalue weighted by Crippen LogP contribution is -2.36. The van der Waals surface area contributed by atoms with Crippen molar-refractivity contribution in [1.29, 1.82) is 0 Å². The SMILES string of the molecule is C=C(CNC1CCc2ccccc2C1)C(=O)O. The maximum absolute atomic E-state index is 10.6. The lowest BCUT2D eigenvalue weighted by atomic mass is 9.88. The third kappa shape index (κ3) is 2.94. The lowest BCUT2D eigenvalue weighted by Gasteiger charge is -2.25. The van der Waals surface area contributed by atoms with Crippen LogP contribution in [0, 0.1) is 0 Å². The van der Waals surface area contributed by atoms with Crippen molar-refractivity contribution in [3.63, 3.8) is 0 Å². The Morgan fingerprint density at radius 3 is 2.82 bits per heavy atom. The molecule has 1 aromatic rings. The smallest absolute Gasteiger partial charge is 0.332 e. The Balaban J connectivity index is 1.90. The van der Waals surface area contributed by atoms with Crippen molar-refractivity contribution < 1.29 is 9.90 Å². The molecule has 0 aliphatic heterocycles. The summed E-state index contributed by atoms with van der Waals surface area (Å²) in [6.07, 6.45) is 3.10. The predicted octanol–water partition coefficient (Wildman–Crippen LogP) is 1.77. The van der Waals surface area contributed by atoms with Gasteiger partial charge in [0.2, 0.25) is 0 Å². The van der Waals surface area contributed by atoms with E-state index in [-0.39, 0.29) is 5.57 Å². The highest BCUT2D eigenvalue weighted by Crippen LogP contribution is 2.20. The first-order valence-electron chi connectivity index (χ1n) is 5.88. The zero-order valence-corrected chi connectivity index (χ0v) is 9.78. The number of hydrogen-bond acceptors (Lipinski definition) is 2. The molecule has 1 aliphatic rings. The van der Waals surface area contributed by atoms with Crippen LogP contribution in [0.25, 0.3) is 0 Å². The number of aliphatic carboxylic acids is 1. The normalized spacial score (nSPS) is 18.5. The first kappa shape index (κ1) is 11.9. The molecule has 90 valence electrons. The minimum atomic E-state index is -0.922. The number of carbonyl (C=O) groups is 1. The Morgan fingerprint density at radius 1 is 1.41 bits per heavy atom. The van der Waals surface area contributed by atoms with E-state index in [1.165, 1.54) is 11.1 Å². The van der Waals surface area contributed by atoms with Crippen molar-refractivity contribution >= 4 is 5.97 Å². The van der Waals surface area contributed by atoms with Gasteiger partial charge in [0, 0.05) is 18.2 Å². The largest absolute Gasteiger partial charge is 0.478 e. The summed E-state index contributed by atoms with van der Waals surface area (Å²) in [5, 5.41) is 12.0. The van der Waals surface area contributed by atoms with Gasteiger partial charge in [0.25, 0.3) is 0 Å². The summed E-state index contributed by atoms with van der Waals surface area (Å²) in [5.41, 5.74) is 3.02. The standard InChI is InChI=1S/C14H17NO2/c1-10(14(16)17)9-15-13-7-6-11-4-2-3-5-12(11)8-13/h2-5,13,15H,1,6-9H2,(H,16,17). The molecule has 3 nitrogen and oxygen atoms in total. The second kappa shape index (κ2) is 5.15. The topological polar surface area (TPSA) is 49.3 Å². The molecule has 0 saturated carbocycles. The molecule has 3 heteroatoms. The van der Waals surface area contributed by atoms with E-state index in [1.54, 1.807) is 0 Å². The highest BCUT2D eigenvalue weighted by molar-refractivity contribution is 5.86. The number of benzene rings is 1. The van der Waals surface area contributed by atoms with Crippen LogP contribution in [0.15, 0.2) is 36.4 Å². The number of aryl methyl sites for hydroxylation is 1. The zero-order valence-electron chi connectivity index (χ0n) is 9.78. The van der Waals surface area contributed by atoms with Gasteiger partial charge in [-0.1, -0.05) is 30.8 Å². The average Bonchev–Trinajstić information content (AvgIpc) is 2.35. The molecule has 0 heterocycles.